The highest BCUT2D eigenvalue weighted by Crippen LogP contribution is 2.28. The highest BCUT2D eigenvalue weighted by Gasteiger charge is 2.35. The quantitative estimate of drug-likeness (QED) is 0.352. The Bertz CT molecular complexity index is 1680. The lowest BCUT2D eigenvalue weighted by Gasteiger charge is -2.24. The molecular formula is C28H25F2N5O2. The van der Waals surface area contributed by atoms with Gasteiger partial charge in [0.1, 0.15) is 6.54 Å². The summed E-state index contributed by atoms with van der Waals surface area (Å²) in [5.41, 5.74) is 5.41. The molecule has 188 valence electrons. The highest BCUT2D eigenvalue weighted by molar-refractivity contribution is 5.85. The van der Waals surface area contributed by atoms with Crippen molar-refractivity contribution in [2.75, 3.05) is 6.54 Å². The molecule has 1 aliphatic heterocycles. The molecule has 7 nitrogen and oxygen atoms in total. The van der Waals surface area contributed by atoms with Gasteiger partial charge in [-0.2, -0.15) is 0 Å². The summed E-state index contributed by atoms with van der Waals surface area (Å²) in [7, 11) is 0. The number of nitrogens with zero attached hydrogens (tertiary/aromatic N) is 5. The number of para-hydroxylation sites is 1. The summed E-state index contributed by atoms with van der Waals surface area (Å²) in [6, 6.07) is 16.1. The molecule has 1 aliphatic rings. The van der Waals surface area contributed by atoms with Gasteiger partial charge in [-0.05, 0) is 55.2 Å². The molecule has 0 saturated carbocycles. The van der Waals surface area contributed by atoms with Crippen LogP contribution in [0.3, 0.4) is 0 Å². The smallest absolute Gasteiger partial charge is 0.332 e. The molecular weight excluding hydrogens is 476 g/mol. The van der Waals surface area contributed by atoms with Crippen LogP contribution in [0.1, 0.15) is 18.4 Å². The third-order valence-corrected chi connectivity index (χ3v) is 7.24. The van der Waals surface area contributed by atoms with Crippen molar-refractivity contribution in [2.45, 2.75) is 38.8 Å². The molecule has 1 fully saturated rings. The number of carbonyl (C=O) groups excluding carboxylic acids is 1. The first-order valence-electron chi connectivity index (χ1n) is 12.2. The SMILES string of the molecule is Cc1cccc2c1n(-c1ccc(-c3cccn4cncc34)cc1)c(=O)n2CC(=O)N1CCCC1C(F)F. The van der Waals surface area contributed by atoms with Crippen molar-refractivity contribution in [2.24, 2.45) is 0 Å². The number of alkyl halides is 2. The van der Waals surface area contributed by atoms with Gasteiger partial charge < -0.3 is 9.30 Å². The fourth-order valence-corrected chi connectivity index (χ4v) is 5.44. The average Bonchev–Trinajstić information content (AvgIpc) is 3.63. The van der Waals surface area contributed by atoms with Gasteiger partial charge in [0.25, 0.3) is 6.43 Å². The molecule has 1 unspecified atom stereocenters. The first-order valence-corrected chi connectivity index (χ1v) is 12.2. The first-order chi connectivity index (χ1) is 17.9. The number of hydrogen-bond acceptors (Lipinski definition) is 3. The van der Waals surface area contributed by atoms with E-state index in [1.165, 1.54) is 9.47 Å². The number of hydrogen-bond donors (Lipinski definition) is 0. The van der Waals surface area contributed by atoms with Crippen molar-refractivity contribution in [1.82, 2.24) is 23.4 Å². The molecule has 5 aromatic rings. The van der Waals surface area contributed by atoms with Gasteiger partial charge in [-0.3, -0.25) is 13.9 Å². The maximum absolute atomic E-state index is 13.7. The van der Waals surface area contributed by atoms with E-state index in [4.69, 9.17) is 0 Å². The minimum atomic E-state index is -2.60. The Morgan fingerprint density at radius 2 is 1.89 bits per heavy atom. The topological polar surface area (TPSA) is 64.5 Å². The second-order valence-electron chi connectivity index (χ2n) is 9.43. The maximum atomic E-state index is 13.7. The number of carbonyl (C=O) groups is 1. The van der Waals surface area contributed by atoms with Crippen LogP contribution in [0.5, 0.6) is 0 Å². The van der Waals surface area contributed by atoms with Gasteiger partial charge in [0, 0.05) is 18.3 Å². The Balaban J connectivity index is 1.41. The molecule has 37 heavy (non-hydrogen) atoms. The van der Waals surface area contributed by atoms with E-state index < -0.39 is 18.4 Å². The van der Waals surface area contributed by atoms with E-state index in [0.717, 1.165) is 22.2 Å². The molecule has 3 aromatic heterocycles. The van der Waals surface area contributed by atoms with E-state index in [0.29, 0.717) is 23.1 Å². The third-order valence-electron chi connectivity index (χ3n) is 7.24. The Labute approximate surface area is 211 Å². The van der Waals surface area contributed by atoms with E-state index >= 15 is 0 Å². The van der Waals surface area contributed by atoms with E-state index in [1.807, 2.05) is 66.1 Å². The monoisotopic (exact) mass is 501 g/mol. The standard InChI is InChI=1S/C28H25F2N5O2/c1-18-5-2-7-22-26(18)35(28(37)34(22)16-25(36)33-14-4-8-23(33)27(29)30)20-11-9-19(10-12-20)21-6-3-13-32-17-31-15-24(21)32/h2-3,5-7,9-13,15,17,23,27H,4,8,14,16H2,1H3. The van der Waals surface area contributed by atoms with E-state index in [1.54, 1.807) is 23.2 Å². The second-order valence-corrected chi connectivity index (χ2v) is 9.43. The van der Waals surface area contributed by atoms with Gasteiger partial charge in [-0.1, -0.05) is 30.3 Å². The summed E-state index contributed by atoms with van der Waals surface area (Å²) < 4.78 is 31.8. The molecule has 0 spiro atoms. The van der Waals surface area contributed by atoms with Crippen molar-refractivity contribution in [3.8, 4) is 16.8 Å². The third kappa shape index (κ3) is 3.82. The zero-order chi connectivity index (χ0) is 25.7. The van der Waals surface area contributed by atoms with Crippen molar-refractivity contribution >= 4 is 22.5 Å². The van der Waals surface area contributed by atoms with Gasteiger partial charge in [0.15, 0.2) is 0 Å². The molecule has 0 N–H and O–H groups in total. The summed E-state index contributed by atoms with van der Waals surface area (Å²) in [6.07, 6.45) is 3.70. The van der Waals surface area contributed by atoms with E-state index in [-0.39, 0.29) is 25.2 Å². The zero-order valence-corrected chi connectivity index (χ0v) is 20.2. The summed E-state index contributed by atoms with van der Waals surface area (Å²) in [6.45, 7) is 1.91. The van der Waals surface area contributed by atoms with Crippen LogP contribution in [-0.4, -0.2) is 48.3 Å². The second kappa shape index (κ2) is 8.99. The minimum Gasteiger partial charge on any atom is -0.332 e. The zero-order valence-electron chi connectivity index (χ0n) is 20.2. The van der Waals surface area contributed by atoms with Crippen molar-refractivity contribution < 1.29 is 13.6 Å². The predicted molar refractivity (Wildman–Crippen MR) is 137 cm³/mol. The number of fused-ring (bicyclic) bond motifs is 2. The van der Waals surface area contributed by atoms with Crippen LogP contribution in [0.2, 0.25) is 0 Å². The lowest BCUT2D eigenvalue weighted by molar-refractivity contribution is -0.135. The fraction of sp³-hybridized carbons (Fsp3) is 0.250. The molecule has 6 rings (SSSR count). The number of aromatic nitrogens is 4. The normalized spacial score (nSPS) is 15.9. The van der Waals surface area contributed by atoms with Gasteiger partial charge in [-0.15, -0.1) is 0 Å². The fourth-order valence-electron chi connectivity index (χ4n) is 5.44. The lowest BCUT2D eigenvalue weighted by atomic mass is 10.1. The Hall–Kier alpha value is -4.27. The van der Waals surface area contributed by atoms with E-state index in [9.17, 15) is 18.4 Å². The Morgan fingerprint density at radius 3 is 2.68 bits per heavy atom. The van der Waals surface area contributed by atoms with Gasteiger partial charge >= 0.3 is 5.69 Å². The maximum Gasteiger partial charge on any atom is 0.334 e. The summed E-state index contributed by atoms with van der Waals surface area (Å²) in [4.78, 5) is 32.2. The van der Waals surface area contributed by atoms with Crippen molar-refractivity contribution in [3.63, 3.8) is 0 Å². The molecule has 0 aliphatic carbocycles. The molecule has 0 radical (unpaired) electrons. The average molecular weight is 502 g/mol. The van der Waals surface area contributed by atoms with E-state index in [2.05, 4.69) is 4.98 Å². The summed E-state index contributed by atoms with van der Waals surface area (Å²) in [5, 5.41) is 0. The summed E-state index contributed by atoms with van der Waals surface area (Å²) in [5.74, 6) is -0.463. The number of imidazole rings is 2. The van der Waals surface area contributed by atoms with Gasteiger partial charge in [-0.25, -0.2) is 18.6 Å². The number of halogens is 2. The van der Waals surface area contributed by atoms with Crippen LogP contribution < -0.4 is 5.69 Å². The van der Waals surface area contributed by atoms with Crippen molar-refractivity contribution in [3.05, 3.63) is 89.4 Å². The van der Waals surface area contributed by atoms with Gasteiger partial charge in [0.05, 0.1) is 40.8 Å². The Morgan fingerprint density at radius 1 is 1.08 bits per heavy atom. The summed E-state index contributed by atoms with van der Waals surface area (Å²) >= 11 is 0. The van der Waals surface area contributed by atoms with Crippen LogP contribution in [0.25, 0.3) is 33.4 Å². The van der Waals surface area contributed by atoms with Crippen LogP contribution in [-0.2, 0) is 11.3 Å². The number of amides is 1. The van der Waals surface area contributed by atoms with Crippen LogP contribution in [0, 0.1) is 6.92 Å². The van der Waals surface area contributed by atoms with Gasteiger partial charge in [0.2, 0.25) is 5.91 Å². The van der Waals surface area contributed by atoms with Crippen LogP contribution in [0.15, 0.2) is 78.1 Å². The number of rotatable bonds is 5. The van der Waals surface area contributed by atoms with Crippen LogP contribution in [0.4, 0.5) is 8.78 Å². The predicted octanol–water partition coefficient (Wildman–Crippen LogP) is 4.67. The number of pyridine rings is 1. The largest absolute Gasteiger partial charge is 0.334 e. The molecule has 1 saturated heterocycles. The highest BCUT2D eigenvalue weighted by atomic mass is 19.3. The number of benzene rings is 2. The van der Waals surface area contributed by atoms with Crippen LogP contribution >= 0.6 is 0 Å². The Kier molecular flexibility index (Phi) is 5.62. The lowest BCUT2D eigenvalue weighted by Crippen LogP contribution is -2.42. The molecule has 4 heterocycles. The number of likely N-dealkylation sites (tertiary alicyclic amines) is 1. The molecule has 1 amide bonds. The molecule has 9 heteroatoms. The first kappa shape index (κ1) is 23.1. The minimum absolute atomic E-state index is 0.276. The molecule has 0 bridgehead atoms. The molecule has 1 atom stereocenters. The number of aryl methyl sites for hydroxylation is 1. The van der Waals surface area contributed by atoms with Crippen molar-refractivity contribution in [1.29, 1.82) is 0 Å². The molecule has 2 aromatic carbocycles.